The van der Waals surface area contributed by atoms with Crippen LogP contribution in [0.1, 0.15) is 46.5 Å². The minimum atomic E-state index is -0.866. The number of nitrogens with zero attached hydrogens (tertiary/aromatic N) is 1. The first-order valence-corrected chi connectivity index (χ1v) is 9.95. The second-order valence-electron chi connectivity index (χ2n) is 7.75. The van der Waals surface area contributed by atoms with Gasteiger partial charge in [-0.25, -0.2) is 4.79 Å². The van der Waals surface area contributed by atoms with E-state index in [9.17, 15) is 14.4 Å². The van der Waals surface area contributed by atoms with Gasteiger partial charge in [-0.1, -0.05) is 38.8 Å². The summed E-state index contributed by atoms with van der Waals surface area (Å²) in [6.07, 6.45) is 2.35. The molecule has 0 bridgehead atoms. The fraction of sp³-hybridized carbons (Fsp3) is 0.571. The van der Waals surface area contributed by atoms with Crippen LogP contribution in [0.2, 0.25) is 0 Å². The van der Waals surface area contributed by atoms with Crippen LogP contribution in [0, 0.1) is 11.8 Å². The molecule has 0 radical (unpaired) electrons. The summed E-state index contributed by atoms with van der Waals surface area (Å²) in [6.45, 7) is 6.07. The average Bonchev–Trinajstić information content (AvgIpc) is 2.98. The van der Waals surface area contributed by atoms with Gasteiger partial charge in [0.1, 0.15) is 0 Å². The number of aryl methyl sites for hydroxylation is 1. The number of aromatic nitrogens is 1. The zero-order valence-electron chi connectivity index (χ0n) is 16.6. The van der Waals surface area contributed by atoms with Gasteiger partial charge >= 0.3 is 11.7 Å². The van der Waals surface area contributed by atoms with Gasteiger partial charge in [0.2, 0.25) is 0 Å². The molecule has 152 valence electrons. The van der Waals surface area contributed by atoms with E-state index in [-0.39, 0.29) is 24.9 Å². The van der Waals surface area contributed by atoms with E-state index < -0.39 is 17.8 Å². The number of carbonyl (C=O) groups excluding carboxylic acids is 2. The molecule has 0 unspecified atom stereocenters. The van der Waals surface area contributed by atoms with E-state index in [0.717, 1.165) is 12.8 Å². The molecule has 1 fully saturated rings. The zero-order valence-corrected chi connectivity index (χ0v) is 16.6. The lowest BCUT2D eigenvalue weighted by Gasteiger charge is -2.35. The van der Waals surface area contributed by atoms with Gasteiger partial charge in [-0.05, 0) is 37.3 Å². The summed E-state index contributed by atoms with van der Waals surface area (Å²) >= 11 is 0. The Bertz CT molecular complexity index is 900. The number of esters is 1. The highest BCUT2D eigenvalue weighted by Gasteiger charge is 2.30. The first-order valence-electron chi connectivity index (χ1n) is 9.95. The first-order chi connectivity index (χ1) is 13.4. The van der Waals surface area contributed by atoms with Crippen molar-refractivity contribution in [2.45, 2.75) is 65.1 Å². The van der Waals surface area contributed by atoms with Crippen LogP contribution in [0.15, 0.2) is 33.5 Å². The molecule has 1 amide bonds. The molecular weight excluding hydrogens is 360 g/mol. The van der Waals surface area contributed by atoms with E-state index >= 15 is 0 Å². The summed E-state index contributed by atoms with van der Waals surface area (Å²) in [7, 11) is 0. The molecule has 1 aromatic heterocycles. The Morgan fingerprint density at radius 1 is 1.29 bits per heavy atom. The topological polar surface area (TPSA) is 90.5 Å². The largest absolute Gasteiger partial charge is 0.452 e. The lowest BCUT2D eigenvalue weighted by atomic mass is 9.78. The minimum absolute atomic E-state index is 0.0160. The van der Waals surface area contributed by atoms with Crippen molar-refractivity contribution in [3.8, 4) is 0 Å². The molecule has 3 rings (SSSR count). The van der Waals surface area contributed by atoms with Gasteiger partial charge in [0.25, 0.3) is 5.91 Å². The van der Waals surface area contributed by atoms with Gasteiger partial charge in [0, 0.05) is 12.6 Å². The van der Waals surface area contributed by atoms with Crippen LogP contribution in [-0.2, 0) is 20.9 Å². The Balaban J connectivity index is 1.52. The van der Waals surface area contributed by atoms with E-state index in [1.807, 2.05) is 0 Å². The van der Waals surface area contributed by atoms with Gasteiger partial charge in [-0.2, -0.15) is 0 Å². The van der Waals surface area contributed by atoms with Crippen LogP contribution in [0.4, 0.5) is 0 Å². The van der Waals surface area contributed by atoms with Gasteiger partial charge in [-0.15, -0.1) is 0 Å². The van der Waals surface area contributed by atoms with E-state index in [0.29, 0.717) is 22.9 Å². The molecular formula is C21H28N2O5. The van der Waals surface area contributed by atoms with Crippen molar-refractivity contribution in [3.63, 3.8) is 0 Å². The van der Waals surface area contributed by atoms with Crippen molar-refractivity contribution in [2.24, 2.45) is 11.8 Å². The highest BCUT2D eigenvalue weighted by Crippen LogP contribution is 2.29. The summed E-state index contributed by atoms with van der Waals surface area (Å²) < 4.78 is 11.8. The van der Waals surface area contributed by atoms with E-state index in [4.69, 9.17) is 9.15 Å². The van der Waals surface area contributed by atoms with Crippen LogP contribution < -0.4 is 11.1 Å². The second kappa shape index (κ2) is 8.63. The predicted octanol–water partition coefficient (Wildman–Crippen LogP) is 2.86. The fourth-order valence-corrected chi connectivity index (χ4v) is 3.82. The molecule has 28 heavy (non-hydrogen) atoms. The van der Waals surface area contributed by atoms with Gasteiger partial charge in [-0.3, -0.25) is 14.2 Å². The van der Waals surface area contributed by atoms with Crippen molar-refractivity contribution in [2.75, 3.05) is 0 Å². The normalized spacial score (nSPS) is 23.3. The van der Waals surface area contributed by atoms with Gasteiger partial charge in [0.15, 0.2) is 11.7 Å². The van der Waals surface area contributed by atoms with Crippen LogP contribution in [0.25, 0.3) is 11.1 Å². The smallest absolute Gasteiger partial charge is 0.419 e. The maximum absolute atomic E-state index is 12.4. The summed E-state index contributed by atoms with van der Waals surface area (Å²) in [5.74, 6) is -0.336. The Morgan fingerprint density at radius 3 is 2.82 bits per heavy atom. The number of hydrogen-bond donors (Lipinski definition) is 1. The van der Waals surface area contributed by atoms with Gasteiger partial charge < -0.3 is 14.5 Å². The van der Waals surface area contributed by atoms with Crippen LogP contribution in [-0.4, -0.2) is 28.6 Å². The molecule has 1 aromatic carbocycles. The maximum Gasteiger partial charge on any atom is 0.419 e. The molecule has 7 nitrogen and oxygen atoms in total. The van der Waals surface area contributed by atoms with E-state index in [1.165, 1.54) is 11.0 Å². The summed E-state index contributed by atoms with van der Waals surface area (Å²) in [4.78, 5) is 36.5. The third-order valence-electron chi connectivity index (χ3n) is 5.83. The van der Waals surface area contributed by atoms with Crippen LogP contribution in [0.3, 0.4) is 0 Å². The zero-order chi connectivity index (χ0) is 20.3. The second-order valence-corrected chi connectivity index (χ2v) is 7.75. The van der Waals surface area contributed by atoms with Crippen molar-refractivity contribution >= 4 is 23.0 Å². The SMILES string of the molecule is C[C@@H]1[C@@H](C)CCC[C@H]1NC(=O)[C@@H](C)OC(=O)CCn1c(=O)oc2ccccc21. The van der Waals surface area contributed by atoms with Gasteiger partial charge in [0.05, 0.1) is 11.9 Å². The number of amides is 1. The summed E-state index contributed by atoms with van der Waals surface area (Å²) in [6, 6.07) is 7.15. The van der Waals surface area contributed by atoms with Crippen molar-refractivity contribution < 1.29 is 18.7 Å². The Morgan fingerprint density at radius 2 is 2.04 bits per heavy atom. The molecule has 2 aromatic rings. The van der Waals surface area contributed by atoms with Crippen molar-refractivity contribution in [1.82, 2.24) is 9.88 Å². The Hall–Kier alpha value is -2.57. The van der Waals surface area contributed by atoms with Crippen molar-refractivity contribution in [1.29, 1.82) is 0 Å². The highest BCUT2D eigenvalue weighted by molar-refractivity contribution is 5.83. The minimum Gasteiger partial charge on any atom is -0.452 e. The standard InChI is InChI=1S/C21H28N2O5/c1-13-7-6-8-16(14(13)2)22-20(25)15(3)27-19(24)11-12-23-17-9-4-5-10-18(17)28-21(23)26/h4-5,9-10,13-16H,6-8,11-12H2,1-3H3,(H,22,25)/t13-,14+,15+,16+/m0/s1. The third-order valence-corrected chi connectivity index (χ3v) is 5.83. The average molecular weight is 388 g/mol. The fourth-order valence-electron chi connectivity index (χ4n) is 3.82. The predicted molar refractivity (Wildman–Crippen MR) is 105 cm³/mol. The molecule has 0 saturated heterocycles. The number of carbonyl (C=O) groups is 2. The number of ether oxygens (including phenoxy) is 1. The third kappa shape index (κ3) is 4.46. The quantitative estimate of drug-likeness (QED) is 0.769. The molecule has 7 heteroatoms. The summed E-state index contributed by atoms with van der Waals surface area (Å²) in [5.41, 5.74) is 1.11. The number of para-hydroxylation sites is 2. The molecule has 0 spiro atoms. The van der Waals surface area contributed by atoms with Crippen LogP contribution >= 0.6 is 0 Å². The number of nitrogens with one attached hydrogen (secondary N) is 1. The summed E-state index contributed by atoms with van der Waals surface area (Å²) in [5, 5.41) is 3.02. The maximum atomic E-state index is 12.4. The van der Waals surface area contributed by atoms with Crippen LogP contribution in [0.5, 0.6) is 0 Å². The number of benzene rings is 1. The Labute approximate surface area is 164 Å². The number of fused-ring (bicyclic) bond motifs is 1. The Kier molecular flexibility index (Phi) is 6.21. The first kappa shape index (κ1) is 20.2. The number of rotatable bonds is 6. The van der Waals surface area contributed by atoms with Crippen molar-refractivity contribution in [3.05, 3.63) is 34.8 Å². The molecule has 0 aliphatic heterocycles. The number of hydrogen-bond acceptors (Lipinski definition) is 5. The molecule has 1 saturated carbocycles. The molecule has 1 N–H and O–H groups in total. The highest BCUT2D eigenvalue weighted by atomic mass is 16.5. The molecule has 1 aliphatic carbocycles. The molecule has 4 atom stereocenters. The number of oxazole rings is 1. The van der Waals surface area contributed by atoms with E-state index in [2.05, 4.69) is 19.2 Å². The lowest BCUT2D eigenvalue weighted by Crippen LogP contribution is -2.47. The lowest BCUT2D eigenvalue weighted by molar-refractivity contribution is -0.155. The monoisotopic (exact) mass is 388 g/mol. The molecule has 1 heterocycles. The van der Waals surface area contributed by atoms with E-state index in [1.54, 1.807) is 31.2 Å². The molecule has 1 aliphatic rings.